The van der Waals surface area contributed by atoms with Crippen molar-refractivity contribution in [3.8, 4) is 0 Å². The molecule has 0 aromatic heterocycles. The van der Waals surface area contributed by atoms with Crippen LogP contribution in [0.5, 0.6) is 0 Å². The number of amides is 1. The molecule has 1 atom stereocenters. The first-order valence-corrected chi connectivity index (χ1v) is 14.4. The molecule has 3 aromatic carbocycles. The summed E-state index contributed by atoms with van der Waals surface area (Å²) in [6.07, 6.45) is 2.39. The number of carbonyl (C=O) groups is 1. The summed E-state index contributed by atoms with van der Waals surface area (Å²) in [6, 6.07) is 21.0. The summed E-state index contributed by atoms with van der Waals surface area (Å²) in [5.74, 6) is 0.366. The highest BCUT2D eigenvalue weighted by Crippen LogP contribution is 2.28. The number of rotatable bonds is 8. The van der Waals surface area contributed by atoms with Crippen molar-refractivity contribution < 1.29 is 13.2 Å². The topological polar surface area (TPSA) is 69.7 Å². The zero-order valence-corrected chi connectivity index (χ0v) is 23.1. The van der Waals surface area contributed by atoms with Gasteiger partial charge in [0.1, 0.15) is 6.54 Å². The summed E-state index contributed by atoms with van der Waals surface area (Å²) in [5, 5.41) is 3.39. The zero-order valence-electron chi connectivity index (χ0n) is 21.5. The van der Waals surface area contributed by atoms with E-state index in [0.29, 0.717) is 10.7 Å². The second-order valence-electron chi connectivity index (χ2n) is 9.81. The van der Waals surface area contributed by atoms with E-state index in [4.69, 9.17) is 11.6 Å². The molecule has 1 aliphatic heterocycles. The minimum atomic E-state index is -3.99. The molecule has 37 heavy (non-hydrogen) atoms. The summed E-state index contributed by atoms with van der Waals surface area (Å²) in [6.45, 7) is 7.78. The Morgan fingerprint density at radius 1 is 1.05 bits per heavy atom. The van der Waals surface area contributed by atoms with Gasteiger partial charge in [-0.1, -0.05) is 54.9 Å². The molecule has 0 bridgehead atoms. The number of nitrogens with zero attached hydrogens (tertiary/aromatic N) is 2. The minimum absolute atomic E-state index is 0.107. The average molecular weight is 540 g/mol. The van der Waals surface area contributed by atoms with Crippen LogP contribution in [0.1, 0.15) is 43.9 Å². The van der Waals surface area contributed by atoms with Crippen LogP contribution in [0, 0.1) is 12.8 Å². The number of halogens is 1. The number of benzene rings is 3. The lowest BCUT2D eigenvalue weighted by Crippen LogP contribution is -2.41. The molecule has 3 aromatic rings. The van der Waals surface area contributed by atoms with Crippen LogP contribution in [0.15, 0.2) is 77.7 Å². The number of hydrogen-bond acceptors (Lipinski definition) is 4. The standard InChI is InChI=1S/C29H34ClN3O3S/c1-21-15-17-32(18-16-21)25-13-10-24(11-14-25)23(3)31-29(34)20-33(26-12-9-22(2)28(30)19-26)37(35,36)27-7-5-4-6-8-27/h4-14,19,21,23H,15-18,20H2,1-3H3,(H,31,34). The lowest BCUT2D eigenvalue weighted by molar-refractivity contribution is -0.120. The molecule has 4 rings (SSSR count). The Morgan fingerprint density at radius 3 is 2.32 bits per heavy atom. The number of anilines is 2. The highest BCUT2D eigenvalue weighted by Gasteiger charge is 2.28. The van der Waals surface area contributed by atoms with Crippen molar-refractivity contribution in [1.29, 1.82) is 0 Å². The molecule has 1 aliphatic rings. The lowest BCUT2D eigenvalue weighted by Gasteiger charge is -2.32. The Hall–Kier alpha value is -3.03. The van der Waals surface area contributed by atoms with Gasteiger partial charge in [-0.25, -0.2) is 8.42 Å². The molecule has 1 amide bonds. The Labute approximate surface area is 225 Å². The number of piperidine rings is 1. The largest absolute Gasteiger partial charge is 0.372 e. The van der Waals surface area contributed by atoms with Crippen molar-refractivity contribution in [2.75, 3.05) is 28.8 Å². The molecule has 1 unspecified atom stereocenters. The number of hydrogen-bond donors (Lipinski definition) is 1. The fourth-order valence-electron chi connectivity index (χ4n) is 4.51. The average Bonchev–Trinajstić information content (AvgIpc) is 2.90. The molecule has 196 valence electrons. The first-order chi connectivity index (χ1) is 17.6. The molecule has 1 saturated heterocycles. The molecule has 0 radical (unpaired) electrons. The summed E-state index contributed by atoms with van der Waals surface area (Å²) in [7, 11) is -3.99. The predicted molar refractivity (Wildman–Crippen MR) is 151 cm³/mol. The van der Waals surface area contributed by atoms with Crippen molar-refractivity contribution in [3.63, 3.8) is 0 Å². The van der Waals surface area contributed by atoms with Crippen molar-refractivity contribution in [1.82, 2.24) is 5.32 Å². The van der Waals surface area contributed by atoms with Gasteiger partial charge in [0.2, 0.25) is 5.91 Å². The number of carbonyl (C=O) groups excluding carboxylic acids is 1. The van der Waals surface area contributed by atoms with Gasteiger partial charge in [0.05, 0.1) is 16.6 Å². The summed E-state index contributed by atoms with van der Waals surface area (Å²) >= 11 is 6.31. The molecule has 1 fully saturated rings. The zero-order chi connectivity index (χ0) is 26.6. The van der Waals surface area contributed by atoms with Gasteiger partial charge in [-0.05, 0) is 80.1 Å². The Balaban J connectivity index is 1.50. The van der Waals surface area contributed by atoms with Gasteiger partial charge in [-0.2, -0.15) is 0 Å². The van der Waals surface area contributed by atoms with Crippen LogP contribution in [-0.2, 0) is 14.8 Å². The monoisotopic (exact) mass is 539 g/mol. The first kappa shape index (κ1) is 27.0. The maximum absolute atomic E-state index is 13.5. The number of sulfonamides is 1. The summed E-state index contributed by atoms with van der Waals surface area (Å²) in [5.41, 5.74) is 3.30. The molecular formula is C29H34ClN3O3S. The van der Waals surface area contributed by atoms with Gasteiger partial charge in [0, 0.05) is 23.8 Å². The quantitative estimate of drug-likeness (QED) is 0.383. The lowest BCUT2D eigenvalue weighted by atomic mass is 9.98. The van der Waals surface area contributed by atoms with Crippen molar-refractivity contribution in [2.24, 2.45) is 5.92 Å². The van der Waals surface area contributed by atoms with Gasteiger partial charge in [-0.3, -0.25) is 9.10 Å². The van der Waals surface area contributed by atoms with Crippen LogP contribution in [0.3, 0.4) is 0 Å². The fourth-order valence-corrected chi connectivity index (χ4v) is 6.12. The fraction of sp³-hybridized carbons (Fsp3) is 0.345. The van der Waals surface area contributed by atoms with Gasteiger partial charge < -0.3 is 10.2 Å². The molecule has 8 heteroatoms. The van der Waals surface area contributed by atoms with Crippen LogP contribution in [0.2, 0.25) is 5.02 Å². The van der Waals surface area contributed by atoms with E-state index in [9.17, 15) is 13.2 Å². The van der Waals surface area contributed by atoms with E-state index in [1.54, 1.807) is 36.4 Å². The summed E-state index contributed by atoms with van der Waals surface area (Å²) < 4.78 is 28.2. The highest BCUT2D eigenvalue weighted by molar-refractivity contribution is 7.92. The third kappa shape index (κ3) is 6.46. The third-order valence-corrected chi connectivity index (χ3v) is 9.18. The van der Waals surface area contributed by atoms with E-state index in [1.165, 1.54) is 30.7 Å². The van der Waals surface area contributed by atoms with Gasteiger partial charge >= 0.3 is 0 Å². The third-order valence-electron chi connectivity index (χ3n) is 6.98. The van der Waals surface area contributed by atoms with Gasteiger partial charge in [0.15, 0.2) is 0 Å². The molecule has 0 saturated carbocycles. The van der Waals surface area contributed by atoms with Gasteiger partial charge in [-0.15, -0.1) is 0 Å². The maximum Gasteiger partial charge on any atom is 0.264 e. The molecule has 1 N–H and O–H groups in total. The SMILES string of the molecule is Cc1ccc(N(CC(=O)NC(C)c2ccc(N3CCC(C)CC3)cc2)S(=O)(=O)c2ccccc2)cc1Cl. The van der Waals surface area contributed by atoms with E-state index in [2.05, 4.69) is 29.3 Å². The van der Waals surface area contributed by atoms with E-state index in [-0.39, 0.29) is 17.5 Å². The molecule has 1 heterocycles. The predicted octanol–water partition coefficient (Wildman–Crippen LogP) is 5.96. The minimum Gasteiger partial charge on any atom is -0.372 e. The molecule has 0 aliphatic carbocycles. The first-order valence-electron chi connectivity index (χ1n) is 12.6. The smallest absolute Gasteiger partial charge is 0.264 e. The van der Waals surface area contributed by atoms with Crippen LogP contribution in [0.25, 0.3) is 0 Å². The number of aryl methyl sites for hydroxylation is 1. The van der Waals surface area contributed by atoms with E-state index >= 15 is 0 Å². The maximum atomic E-state index is 13.5. The Bertz CT molecular complexity index is 1320. The van der Waals surface area contributed by atoms with Crippen LogP contribution < -0.4 is 14.5 Å². The van der Waals surface area contributed by atoms with E-state index in [0.717, 1.165) is 34.4 Å². The van der Waals surface area contributed by atoms with Crippen molar-refractivity contribution >= 4 is 38.9 Å². The van der Waals surface area contributed by atoms with Crippen molar-refractivity contribution in [3.05, 3.63) is 88.9 Å². The van der Waals surface area contributed by atoms with Crippen LogP contribution in [-0.4, -0.2) is 34.0 Å². The molecule has 0 spiro atoms. The van der Waals surface area contributed by atoms with Gasteiger partial charge in [0.25, 0.3) is 10.0 Å². The Morgan fingerprint density at radius 2 is 1.70 bits per heavy atom. The molecular weight excluding hydrogens is 506 g/mol. The number of nitrogens with one attached hydrogen (secondary N) is 1. The van der Waals surface area contributed by atoms with Crippen LogP contribution >= 0.6 is 11.6 Å². The summed E-state index contributed by atoms with van der Waals surface area (Å²) in [4.78, 5) is 15.6. The second kappa shape index (κ2) is 11.6. The van der Waals surface area contributed by atoms with E-state index < -0.39 is 15.9 Å². The molecule has 6 nitrogen and oxygen atoms in total. The second-order valence-corrected chi connectivity index (χ2v) is 12.1. The van der Waals surface area contributed by atoms with Crippen molar-refractivity contribution in [2.45, 2.75) is 44.6 Å². The van der Waals surface area contributed by atoms with E-state index in [1.807, 2.05) is 26.0 Å². The highest BCUT2D eigenvalue weighted by atomic mass is 35.5. The van der Waals surface area contributed by atoms with Crippen LogP contribution in [0.4, 0.5) is 11.4 Å². The normalized spacial score (nSPS) is 15.3. The Kier molecular flexibility index (Phi) is 8.45.